The molecular weight excluding hydrogens is 293 g/mol. The maximum Gasteiger partial charge on any atom is 0.416 e. The third-order valence-electron chi connectivity index (χ3n) is 4.14. The number of β-amino-alcohol motifs (C(OH)–C–C–N with tert-alkyl or cyclic N) is 1. The molecule has 0 spiro atoms. The van der Waals surface area contributed by atoms with Gasteiger partial charge in [0.1, 0.15) is 0 Å². The predicted molar refractivity (Wildman–Crippen MR) is 79.4 cm³/mol. The predicted octanol–water partition coefficient (Wildman–Crippen LogP) is 2.50. The fourth-order valence-electron chi connectivity index (χ4n) is 2.83. The lowest BCUT2D eigenvalue weighted by Gasteiger charge is -2.31. The first-order valence-electron chi connectivity index (χ1n) is 7.69. The molecule has 0 bridgehead atoms. The number of halogens is 3. The van der Waals surface area contributed by atoms with E-state index in [0.717, 1.165) is 45.1 Å². The maximum atomic E-state index is 12.6. The summed E-state index contributed by atoms with van der Waals surface area (Å²) in [5, 5.41) is 12.2. The normalized spacial score (nSPS) is 17.8. The number of hydrogen-bond acceptors (Lipinski definition) is 3. The minimum absolute atomic E-state index is 0.193. The zero-order valence-corrected chi connectivity index (χ0v) is 12.6. The topological polar surface area (TPSA) is 35.5 Å². The number of alkyl halides is 3. The Morgan fingerprint density at radius 3 is 2.59 bits per heavy atom. The highest BCUT2D eigenvalue weighted by molar-refractivity contribution is 5.25. The van der Waals surface area contributed by atoms with Crippen LogP contribution in [0.3, 0.4) is 0 Å². The molecule has 2 N–H and O–H groups in total. The molecule has 0 radical (unpaired) electrons. The molecule has 1 saturated heterocycles. The van der Waals surface area contributed by atoms with E-state index in [2.05, 4.69) is 10.2 Å². The molecule has 6 heteroatoms. The number of piperidine rings is 1. The third-order valence-corrected chi connectivity index (χ3v) is 4.14. The van der Waals surface area contributed by atoms with Gasteiger partial charge in [-0.1, -0.05) is 18.2 Å². The average Bonchev–Trinajstić information content (AvgIpc) is 2.49. The molecule has 1 aromatic carbocycles. The Morgan fingerprint density at radius 1 is 1.23 bits per heavy atom. The zero-order chi connectivity index (χ0) is 16.0. The monoisotopic (exact) mass is 316 g/mol. The fraction of sp³-hybridized carbons (Fsp3) is 0.625. The molecule has 0 saturated carbocycles. The van der Waals surface area contributed by atoms with Gasteiger partial charge in [0.15, 0.2) is 0 Å². The quantitative estimate of drug-likeness (QED) is 0.846. The molecule has 1 heterocycles. The van der Waals surface area contributed by atoms with E-state index in [1.54, 1.807) is 6.07 Å². The second-order valence-corrected chi connectivity index (χ2v) is 5.84. The molecule has 0 unspecified atom stereocenters. The Bertz CT molecular complexity index is 457. The van der Waals surface area contributed by atoms with Gasteiger partial charge in [0.2, 0.25) is 0 Å². The molecule has 1 aromatic rings. The minimum atomic E-state index is -4.28. The van der Waals surface area contributed by atoms with E-state index in [1.807, 2.05) is 0 Å². The Hall–Kier alpha value is -1.11. The van der Waals surface area contributed by atoms with Gasteiger partial charge in [-0.25, -0.2) is 0 Å². The SMILES string of the molecule is OCCN1CCC(CNCc2cccc(C(F)(F)F)c2)CC1. The molecule has 0 amide bonds. The van der Waals surface area contributed by atoms with Crippen LogP contribution in [0, 0.1) is 5.92 Å². The number of nitrogens with one attached hydrogen (secondary N) is 1. The summed E-state index contributed by atoms with van der Waals surface area (Å²) in [6.45, 7) is 4.17. The van der Waals surface area contributed by atoms with Crippen LogP contribution in [0.5, 0.6) is 0 Å². The number of likely N-dealkylation sites (tertiary alicyclic amines) is 1. The molecule has 1 fully saturated rings. The van der Waals surface area contributed by atoms with Gasteiger partial charge in [-0.3, -0.25) is 0 Å². The van der Waals surface area contributed by atoms with Crippen LogP contribution in [0.2, 0.25) is 0 Å². The number of aliphatic hydroxyl groups is 1. The van der Waals surface area contributed by atoms with Gasteiger partial charge in [-0.05, 0) is 50.0 Å². The van der Waals surface area contributed by atoms with E-state index < -0.39 is 11.7 Å². The van der Waals surface area contributed by atoms with Crippen molar-refractivity contribution in [1.29, 1.82) is 0 Å². The number of aliphatic hydroxyl groups excluding tert-OH is 1. The second-order valence-electron chi connectivity index (χ2n) is 5.84. The molecule has 2 rings (SSSR count). The molecular formula is C16H23F3N2O. The van der Waals surface area contributed by atoms with Crippen molar-refractivity contribution < 1.29 is 18.3 Å². The van der Waals surface area contributed by atoms with E-state index in [-0.39, 0.29) is 6.61 Å². The van der Waals surface area contributed by atoms with Crippen LogP contribution in [0.1, 0.15) is 24.0 Å². The molecule has 0 aliphatic carbocycles. The minimum Gasteiger partial charge on any atom is -0.395 e. The van der Waals surface area contributed by atoms with E-state index in [4.69, 9.17) is 5.11 Å². The lowest BCUT2D eigenvalue weighted by atomic mass is 9.96. The summed E-state index contributed by atoms with van der Waals surface area (Å²) in [6.07, 6.45) is -2.15. The van der Waals surface area contributed by atoms with Gasteiger partial charge in [-0.2, -0.15) is 13.2 Å². The van der Waals surface area contributed by atoms with Gasteiger partial charge < -0.3 is 15.3 Å². The molecule has 3 nitrogen and oxygen atoms in total. The standard InChI is InChI=1S/C16H23F3N2O/c17-16(18,19)15-3-1-2-14(10-15)12-20-11-13-4-6-21(7-5-13)8-9-22/h1-3,10,13,20,22H,4-9,11-12H2. The second kappa shape index (κ2) is 7.94. The summed E-state index contributed by atoms with van der Waals surface area (Å²) >= 11 is 0. The highest BCUT2D eigenvalue weighted by Crippen LogP contribution is 2.29. The first kappa shape index (κ1) is 17.2. The first-order chi connectivity index (χ1) is 10.5. The largest absolute Gasteiger partial charge is 0.416 e. The molecule has 0 aromatic heterocycles. The van der Waals surface area contributed by atoms with Crippen LogP contribution in [0.4, 0.5) is 13.2 Å². The lowest BCUT2D eigenvalue weighted by Crippen LogP contribution is -2.38. The van der Waals surface area contributed by atoms with Gasteiger partial charge in [-0.15, -0.1) is 0 Å². The number of rotatable bonds is 6. The van der Waals surface area contributed by atoms with Crippen molar-refractivity contribution in [2.24, 2.45) is 5.92 Å². The summed E-state index contributed by atoms with van der Waals surface area (Å²) in [7, 11) is 0. The first-order valence-corrected chi connectivity index (χ1v) is 7.69. The van der Waals surface area contributed by atoms with Gasteiger partial charge in [0, 0.05) is 13.1 Å². The van der Waals surface area contributed by atoms with Crippen molar-refractivity contribution in [3.8, 4) is 0 Å². The Morgan fingerprint density at radius 2 is 1.95 bits per heavy atom. The van der Waals surface area contributed by atoms with Crippen molar-refractivity contribution in [3.05, 3.63) is 35.4 Å². The van der Waals surface area contributed by atoms with Crippen LogP contribution >= 0.6 is 0 Å². The number of nitrogens with zero attached hydrogens (tertiary/aromatic N) is 1. The van der Waals surface area contributed by atoms with Crippen LogP contribution in [-0.4, -0.2) is 42.8 Å². The van der Waals surface area contributed by atoms with Crippen LogP contribution < -0.4 is 5.32 Å². The molecule has 1 aliphatic rings. The average molecular weight is 316 g/mol. The van der Waals surface area contributed by atoms with Crippen LogP contribution in [0.25, 0.3) is 0 Å². The van der Waals surface area contributed by atoms with E-state index >= 15 is 0 Å². The van der Waals surface area contributed by atoms with Gasteiger partial charge >= 0.3 is 6.18 Å². The summed E-state index contributed by atoms with van der Waals surface area (Å²) in [4.78, 5) is 2.24. The van der Waals surface area contributed by atoms with Gasteiger partial charge in [0.25, 0.3) is 0 Å². The molecule has 0 atom stereocenters. The summed E-state index contributed by atoms with van der Waals surface area (Å²) < 4.78 is 37.9. The maximum absolute atomic E-state index is 12.6. The summed E-state index contributed by atoms with van der Waals surface area (Å²) in [5.74, 6) is 0.556. The van der Waals surface area contributed by atoms with Crippen molar-refractivity contribution in [3.63, 3.8) is 0 Å². The summed E-state index contributed by atoms with van der Waals surface area (Å²) in [6, 6.07) is 5.47. The smallest absolute Gasteiger partial charge is 0.395 e. The van der Waals surface area contributed by atoms with Crippen molar-refractivity contribution in [1.82, 2.24) is 10.2 Å². The molecule has 22 heavy (non-hydrogen) atoms. The van der Waals surface area contributed by atoms with Crippen LogP contribution in [0.15, 0.2) is 24.3 Å². The van der Waals surface area contributed by atoms with E-state index in [9.17, 15) is 13.2 Å². The number of hydrogen-bond donors (Lipinski definition) is 2. The van der Waals surface area contributed by atoms with Crippen molar-refractivity contribution in [2.45, 2.75) is 25.6 Å². The Kier molecular flexibility index (Phi) is 6.23. The summed E-state index contributed by atoms with van der Waals surface area (Å²) in [5.41, 5.74) is 0.0663. The lowest BCUT2D eigenvalue weighted by molar-refractivity contribution is -0.137. The third kappa shape index (κ3) is 5.26. The van der Waals surface area contributed by atoms with E-state index in [0.29, 0.717) is 18.0 Å². The fourth-order valence-corrected chi connectivity index (χ4v) is 2.83. The van der Waals surface area contributed by atoms with Gasteiger partial charge in [0.05, 0.1) is 12.2 Å². The van der Waals surface area contributed by atoms with E-state index in [1.165, 1.54) is 12.1 Å². The van der Waals surface area contributed by atoms with Crippen molar-refractivity contribution in [2.75, 3.05) is 32.8 Å². The molecule has 124 valence electrons. The van der Waals surface area contributed by atoms with Crippen LogP contribution in [-0.2, 0) is 12.7 Å². The highest BCUT2D eigenvalue weighted by Gasteiger charge is 2.30. The Labute approximate surface area is 129 Å². The zero-order valence-electron chi connectivity index (χ0n) is 12.6. The molecule has 1 aliphatic heterocycles. The van der Waals surface area contributed by atoms with Crippen molar-refractivity contribution >= 4 is 0 Å². The highest BCUT2D eigenvalue weighted by atomic mass is 19.4. The Balaban J connectivity index is 1.73. The number of benzene rings is 1.